The highest BCUT2D eigenvalue weighted by molar-refractivity contribution is 5.94. The normalized spacial score (nSPS) is 16.1. The molecule has 1 heterocycles. The number of Topliss-reactive ketones (excluding diaryl/α,β-unsaturated/α-hetero) is 1. The molecular weight excluding hydrogens is 344 g/mol. The summed E-state index contributed by atoms with van der Waals surface area (Å²) in [5.41, 5.74) is 1.50. The van der Waals surface area contributed by atoms with Crippen molar-refractivity contribution < 1.29 is 19.7 Å². The van der Waals surface area contributed by atoms with Crippen molar-refractivity contribution in [2.45, 2.75) is 13.0 Å². The summed E-state index contributed by atoms with van der Waals surface area (Å²) >= 11 is 0. The minimum atomic E-state index is -0.589. The van der Waals surface area contributed by atoms with Gasteiger partial charge in [-0.25, -0.2) is 0 Å². The molecule has 1 unspecified atom stereocenters. The molecule has 0 amide bonds. The van der Waals surface area contributed by atoms with E-state index in [4.69, 9.17) is 4.74 Å². The molecule has 27 heavy (non-hydrogen) atoms. The van der Waals surface area contributed by atoms with E-state index < -0.39 is 6.10 Å². The van der Waals surface area contributed by atoms with Gasteiger partial charge in [-0.3, -0.25) is 9.69 Å². The van der Waals surface area contributed by atoms with Crippen molar-refractivity contribution in [3.05, 3.63) is 54.1 Å². The van der Waals surface area contributed by atoms with E-state index in [-0.39, 0.29) is 12.4 Å². The molecule has 0 bridgehead atoms. The number of ketones is 1. The number of β-amino-alcohol motifs (C(OH)–C–C–N with tert-alkyl or cyclic N) is 1. The van der Waals surface area contributed by atoms with Crippen molar-refractivity contribution in [2.24, 2.45) is 0 Å². The van der Waals surface area contributed by atoms with Crippen molar-refractivity contribution in [3.63, 3.8) is 0 Å². The summed E-state index contributed by atoms with van der Waals surface area (Å²) in [5, 5.41) is 20.2. The highest BCUT2D eigenvalue weighted by atomic mass is 16.5. The zero-order valence-electron chi connectivity index (χ0n) is 15.5. The van der Waals surface area contributed by atoms with Gasteiger partial charge in [0.15, 0.2) is 5.78 Å². The molecule has 3 rings (SSSR count). The zero-order valence-corrected chi connectivity index (χ0v) is 15.5. The number of aromatic hydroxyl groups is 1. The number of phenolic OH excluding ortho intramolecular Hbond substituents is 1. The lowest BCUT2D eigenvalue weighted by atomic mass is 10.1. The number of phenols is 1. The molecule has 0 aliphatic carbocycles. The van der Waals surface area contributed by atoms with Gasteiger partial charge in [-0.1, -0.05) is 12.1 Å². The Bertz CT molecular complexity index is 755. The predicted molar refractivity (Wildman–Crippen MR) is 105 cm³/mol. The number of hydrogen-bond acceptors (Lipinski definition) is 6. The number of hydrogen-bond donors (Lipinski definition) is 2. The second-order valence-corrected chi connectivity index (χ2v) is 6.82. The molecule has 1 aliphatic heterocycles. The predicted octanol–water partition coefficient (Wildman–Crippen LogP) is 2.16. The average Bonchev–Trinajstić information content (AvgIpc) is 2.68. The molecule has 1 aliphatic rings. The van der Waals surface area contributed by atoms with E-state index in [0.717, 1.165) is 31.9 Å². The van der Waals surface area contributed by atoms with Crippen molar-refractivity contribution >= 4 is 11.5 Å². The Balaban J connectivity index is 1.42. The number of anilines is 1. The maximum atomic E-state index is 11.3. The van der Waals surface area contributed by atoms with Crippen LogP contribution >= 0.6 is 0 Å². The Morgan fingerprint density at radius 1 is 1.07 bits per heavy atom. The minimum Gasteiger partial charge on any atom is -0.506 e. The van der Waals surface area contributed by atoms with E-state index in [1.54, 1.807) is 30.3 Å². The van der Waals surface area contributed by atoms with Gasteiger partial charge in [0.2, 0.25) is 0 Å². The van der Waals surface area contributed by atoms with Crippen LogP contribution in [0, 0.1) is 0 Å². The summed E-state index contributed by atoms with van der Waals surface area (Å²) in [6, 6.07) is 14.3. The van der Waals surface area contributed by atoms with Crippen LogP contribution < -0.4 is 9.64 Å². The van der Waals surface area contributed by atoms with Crippen LogP contribution in [0.4, 0.5) is 5.69 Å². The first kappa shape index (κ1) is 19.2. The van der Waals surface area contributed by atoms with Crippen LogP contribution in [0.1, 0.15) is 17.3 Å². The minimum absolute atomic E-state index is 0.0181. The standard InChI is InChI=1S/C21H26N2O4/c1-16(24)17-6-8-19(9-7-17)27-15-18(25)14-22-10-12-23(13-11-22)20-4-2-3-5-21(20)26/h2-9,18,25-26H,10-15H2,1H3. The van der Waals surface area contributed by atoms with Crippen molar-refractivity contribution in [1.82, 2.24) is 4.90 Å². The zero-order chi connectivity index (χ0) is 19.2. The number of carbonyl (C=O) groups is 1. The van der Waals surface area contributed by atoms with E-state index in [1.165, 1.54) is 6.92 Å². The third-order valence-corrected chi connectivity index (χ3v) is 4.77. The van der Waals surface area contributed by atoms with Crippen molar-refractivity contribution in [1.29, 1.82) is 0 Å². The van der Waals surface area contributed by atoms with Gasteiger partial charge >= 0.3 is 0 Å². The molecule has 1 fully saturated rings. The smallest absolute Gasteiger partial charge is 0.159 e. The van der Waals surface area contributed by atoms with Crippen LogP contribution in [0.2, 0.25) is 0 Å². The lowest BCUT2D eigenvalue weighted by molar-refractivity contribution is 0.0662. The van der Waals surface area contributed by atoms with Gasteiger partial charge in [0, 0.05) is 38.3 Å². The van der Waals surface area contributed by atoms with Crippen LogP contribution in [0.5, 0.6) is 11.5 Å². The summed E-state index contributed by atoms with van der Waals surface area (Å²) in [4.78, 5) is 15.6. The highest BCUT2D eigenvalue weighted by Gasteiger charge is 2.21. The maximum Gasteiger partial charge on any atom is 0.159 e. The third-order valence-electron chi connectivity index (χ3n) is 4.77. The molecule has 2 aromatic rings. The molecule has 144 valence electrons. The number of carbonyl (C=O) groups excluding carboxylic acids is 1. The monoisotopic (exact) mass is 370 g/mol. The fourth-order valence-corrected chi connectivity index (χ4v) is 3.23. The Morgan fingerprint density at radius 2 is 1.74 bits per heavy atom. The summed E-state index contributed by atoms with van der Waals surface area (Å²) < 4.78 is 5.62. The van der Waals surface area contributed by atoms with E-state index in [9.17, 15) is 15.0 Å². The van der Waals surface area contributed by atoms with Gasteiger partial charge in [-0.2, -0.15) is 0 Å². The van der Waals surface area contributed by atoms with Gasteiger partial charge in [-0.15, -0.1) is 0 Å². The van der Waals surface area contributed by atoms with E-state index in [2.05, 4.69) is 9.80 Å². The highest BCUT2D eigenvalue weighted by Crippen LogP contribution is 2.27. The average molecular weight is 370 g/mol. The maximum absolute atomic E-state index is 11.3. The van der Waals surface area contributed by atoms with Crippen LogP contribution in [0.25, 0.3) is 0 Å². The number of para-hydroxylation sites is 2. The van der Waals surface area contributed by atoms with Crippen LogP contribution in [0.15, 0.2) is 48.5 Å². The molecular formula is C21H26N2O4. The van der Waals surface area contributed by atoms with Crippen LogP contribution in [0.3, 0.4) is 0 Å². The first-order chi connectivity index (χ1) is 13.0. The number of aliphatic hydroxyl groups excluding tert-OH is 1. The van der Waals surface area contributed by atoms with Gasteiger partial charge in [0.1, 0.15) is 24.2 Å². The fraction of sp³-hybridized carbons (Fsp3) is 0.381. The summed E-state index contributed by atoms with van der Waals surface area (Å²) in [6.45, 7) is 5.52. The van der Waals surface area contributed by atoms with E-state index in [0.29, 0.717) is 23.6 Å². The Morgan fingerprint density at radius 3 is 2.37 bits per heavy atom. The summed E-state index contributed by atoms with van der Waals surface area (Å²) in [5.74, 6) is 0.961. The molecule has 6 nitrogen and oxygen atoms in total. The number of benzene rings is 2. The van der Waals surface area contributed by atoms with Gasteiger partial charge in [0.25, 0.3) is 0 Å². The summed E-state index contributed by atoms with van der Waals surface area (Å²) in [7, 11) is 0. The van der Waals surface area contributed by atoms with Crippen molar-refractivity contribution in [3.8, 4) is 11.5 Å². The molecule has 0 saturated carbocycles. The number of aliphatic hydroxyl groups is 1. The Hall–Kier alpha value is -2.57. The molecule has 0 aromatic heterocycles. The number of rotatable bonds is 7. The largest absolute Gasteiger partial charge is 0.506 e. The molecule has 6 heteroatoms. The van der Waals surface area contributed by atoms with Gasteiger partial charge in [0.05, 0.1) is 5.69 Å². The SMILES string of the molecule is CC(=O)c1ccc(OCC(O)CN2CCN(c3ccccc3O)CC2)cc1. The summed E-state index contributed by atoms with van der Waals surface area (Å²) in [6.07, 6.45) is -0.589. The molecule has 1 saturated heterocycles. The van der Waals surface area contributed by atoms with Crippen LogP contribution in [-0.4, -0.2) is 66.3 Å². The number of ether oxygens (including phenoxy) is 1. The molecule has 0 spiro atoms. The van der Waals surface area contributed by atoms with Crippen molar-refractivity contribution in [2.75, 3.05) is 44.2 Å². The Labute approximate surface area is 159 Å². The van der Waals surface area contributed by atoms with Gasteiger partial charge < -0.3 is 19.8 Å². The molecule has 2 N–H and O–H groups in total. The fourth-order valence-electron chi connectivity index (χ4n) is 3.23. The Kier molecular flexibility index (Phi) is 6.32. The quantitative estimate of drug-likeness (QED) is 0.728. The number of piperazine rings is 1. The van der Waals surface area contributed by atoms with Crippen LogP contribution in [-0.2, 0) is 0 Å². The second kappa shape index (κ2) is 8.88. The number of nitrogens with zero attached hydrogens (tertiary/aromatic N) is 2. The van der Waals surface area contributed by atoms with E-state index >= 15 is 0 Å². The topological polar surface area (TPSA) is 73.2 Å². The lowest BCUT2D eigenvalue weighted by Gasteiger charge is -2.37. The molecule has 2 aromatic carbocycles. The third kappa shape index (κ3) is 5.21. The van der Waals surface area contributed by atoms with Gasteiger partial charge in [-0.05, 0) is 43.3 Å². The molecule has 0 radical (unpaired) electrons. The first-order valence-corrected chi connectivity index (χ1v) is 9.20. The first-order valence-electron chi connectivity index (χ1n) is 9.20. The molecule has 1 atom stereocenters. The second-order valence-electron chi connectivity index (χ2n) is 6.82. The lowest BCUT2D eigenvalue weighted by Crippen LogP contribution is -2.49. The van der Waals surface area contributed by atoms with E-state index in [1.807, 2.05) is 18.2 Å².